The fourth-order valence-corrected chi connectivity index (χ4v) is 12.6. The number of likely N-dealkylation sites (tertiary alicyclic amines) is 2. The summed E-state index contributed by atoms with van der Waals surface area (Å²) in [5.41, 5.74) is 2.13. The smallest absolute Gasteiger partial charge is 0.253 e. The van der Waals surface area contributed by atoms with Gasteiger partial charge in [0.1, 0.15) is 18.1 Å². The first-order valence-electron chi connectivity index (χ1n) is 30.2. The highest BCUT2D eigenvalue weighted by Crippen LogP contribution is 2.43. The number of carbonyl (C=O) groups excluding carboxylic acids is 9. The maximum absolute atomic E-state index is 14.8. The van der Waals surface area contributed by atoms with Crippen molar-refractivity contribution >= 4 is 58.9 Å². The molecule has 0 radical (unpaired) electrons. The standard InChI is InChI=1S/C63H92N8O12/c1-9-41(4)57(68(6)63(81)56(40(2)3)67-62(80)58-45-27-30-47(37-45)71(58)54(76)24-16-12-18-35-72)50(82-7)38-55(77)69-34-19-22-49(69)59(83-8)42(5)60(78)66-48(36-43-20-13-10-14-21-43)61(79)65-46-28-25-44(26-29-46)39-64-51(73)23-15-11-17-33-70-52(74)31-32-53(70)75/h10,13-14,20-21,25-26,28-29,31-32,40-42,45,47-50,56-59,72H,9,11-12,15-19,22-24,27,30,33-39H2,1-8H3,(H,64,73)(H,65,79)(H,66,78)(H,67,80)/t41-,42+,45-,47+,48?,49?,50+,56?,57-,58-,59+/m0/s1. The van der Waals surface area contributed by atoms with Gasteiger partial charge in [-0.25, -0.2) is 0 Å². The SMILES string of the molecule is CC[C@H](C)[C@@H]([C@@H](CC(=O)N1CCCC1[C@H](OC)[C@@H](C)C(=O)NC(Cc1ccccc1)C(=O)Nc1ccc(CNC(=O)CCCCCN2C(=O)C=CC2=O)cc1)OC)N(C)C(=O)C(NC(=O)[C@@H]1[C@H]2CC[C@H](C2)N1C(=O)CCCCCO)C(C)C. The second-order valence-electron chi connectivity index (χ2n) is 23.5. The molecule has 456 valence electrons. The highest BCUT2D eigenvalue weighted by Gasteiger charge is 2.52. The van der Waals surface area contributed by atoms with Crippen LogP contribution in [-0.2, 0) is 65.6 Å². The topological polar surface area (TPSA) is 253 Å². The van der Waals surface area contributed by atoms with E-state index in [9.17, 15) is 48.3 Å². The molecule has 4 aliphatic rings. The molecule has 5 N–H and O–H groups in total. The van der Waals surface area contributed by atoms with E-state index in [4.69, 9.17) is 9.47 Å². The highest BCUT2D eigenvalue weighted by atomic mass is 16.5. The lowest BCUT2D eigenvalue weighted by molar-refractivity contribution is -0.149. The molecule has 3 aliphatic heterocycles. The molecule has 3 fully saturated rings. The molecule has 6 rings (SSSR count). The Hall–Kier alpha value is -6.51. The summed E-state index contributed by atoms with van der Waals surface area (Å²) in [5.74, 6) is -3.78. The number of amides is 9. The van der Waals surface area contributed by atoms with E-state index in [-0.39, 0.29) is 91.1 Å². The molecule has 2 bridgehead atoms. The third kappa shape index (κ3) is 17.5. The van der Waals surface area contributed by atoms with Crippen molar-refractivity contribution in [2.75, 3.05) is 46.3 Å². The minimum absolute atomic E-state index is 0.00435. The molecule has 3 heterocycles. The molecule has 1 saturated carbocycles. The van der Waals surface area contributed by atoms with Gasteiger partial charge in [-0.3, -0.25) is 48.1 Å². The average molecular weight is 1150 g/mol. The fourth-order valence-electron chi connectivity index (χ4n) is 12.6. The van der Waals surface area contributed by atoms with E-state index in [1.54, 1.807) is 52.9 Å². The van der Waals surface area contributed by atoms with Gasteiger partial charge in [-0.15, -0.1) is 0 Å². The van der Waals surface area contributed by atoms with Gasteiger partial charge in [-0.05, 0) is 98.8 Å². The molecule has 3 unspecified atom stereocenters. The van der Waals surface area contributed by atoms with Crippen molar-refractivity contribution in [1.29, 1.82) is 0 Å². The van der Waals surface area contributed by atoms with E-state index in [0.29, 0.717) is 83.0 Å². The van der Waals surface area contributed by atoms with Gasteiger partial charge in [0.2, 0.25) is 41.4 Å². The van der Waals surface area contributed by atoms with E-state index < -0.39 is 60.1 Å². The number of nitrogens with zero attached hydrogens (tertiary/aromatic N) is 4. The van der Waals surface area contributed by atoms with Crippen molar-refractivity contribution in [3.05, 3.63) is 77.9 Å². The van der Waals surface area contributed by atoms with Gasteiger partial charge in [0.25, 0.3) is 11.8 Å². The minimum atomic E-state index is -0.990. The number of carbonyl (C=O) groups is 9. The van der Waals surface area contributed by atoms with E-state index in [0.717, 1.165) is 36.8 Å². The second kappa shape index (κ2) is 32.0. The lowest BCUT2D eigenvalue weighted by Crippen LogP contribution is -2.60. The third-order valence-electron chi connectivity index (χ3n) is 17.5. The lowest BCUT2D eigenvalue weighted by Gasteiger charge is -2.41. The summed E-state index contributed by atoms with van der Waals surface area (Å²) in [6.07, 6.45) is 9.97. The van der Waals surface area contributed by atoms with Crippen LogP contribution >= 0.6 is 0 Å². The summed E-state index contributed by atoms with van der Waals surface area (Å²) in [6, 6.07) is 12.8. The maximum atomic E-state index is 14.8. The Morgan fingerprint density at radius 2 is 1.46 bits per heavy atom. The molecule has 2 saturated heterocycles. The number of imide groups is 1. The number of fused-ring (bicyclic) bond motifs is 2. The van der Waals surface area contributed by atoms with Crippen LogP contribution < -0.4 is 21.3 Å². The number of unbranched alkanes of at least 4 members (excludes halogenated alkanes) is 4. The number of piperidine rings is 1. The molecule has 20 heteroatoms. The first-order chi connectivity index (χ1) is 39.8. The second-order valence-corrected chi connectivity index (χ2v) is 23.5. The van der Waals surface area contributed by atoms with E-state index in [2.05, 4.69) is 21.3 Å². The molecule has 1 aliphatic carbocycles. The average Bonchev–Trinajstić information content (AvgIpc) is 2.90. The molecular weight excluding hydrogens is 1060 g/mol. The van der Waals surface area contributed by atoms with Gasteiger partial charge in [0, 0.05) is 90.7 Å². The van der Waals surface area contributed by atoms with Gasteiger partial charge < -0.3 is 50.5 Å². The molecule has 20 nitrogen and oxygen atoms in total. The third-order valence-corrected chi connectivity index (χ3v) is 17.5. The number of anilines is 1. The summed E-state index contributed by atoms with van der Waals surface area (Å²) in [7, 11) is 4.74. The number of ether oxygens (including phenoxy) is 2. The largest absolute Gasteiger partial charge is 0.396 e. The molecule has 2 aromatic rings. The molecule has 83 heavy (non-hydrogen) atoms. The Labute approximate surface area is 490 Å². The number of benzene rings is 2. The Kier molecular flexibility index (Phi) is 25.3. The minimum Gasteiger partial charge on any atom is -0.396 e. The molecule has 0 spiro atoms. The predicted molar refractivity (Wildman–Crippen MR) is 314 cm³/mol. The quantitative estimate of drug-likeness (QED) is 0.0442. The van der Waals surface area contributed by atoms with Gasteiger partial charge in [0.05, 0.1) is 36.6 Å². The Morgan fingerprint density at radius 1 is 0.771 bits per heavy atom. The van der Waals surface area contributed by atoms with Crippen LogP contribution in [0, 0.1) is 23.7 Å². The van der Waals surface area contributed by atoms with Crippen LogP contribution in [0.5, 0.6) is 0 Å². The summed E-state index contributed by atoms with van der Waals surface area (Å²) >= 11 is 0. The summed E-state index contributed by atoms with van der Waals surface area (Å²) < 4.78 is 12.2. The number of aliphatic hydroxyl groups is 1. The summed E-state index contributed by atoms with van der Waals surface area (Å²) in [6.45, 7) is 10.6. The lowest BCUT2D eigenvalue weighted by atomic mass is 9.89. The van der Waals surface area contributed by atoms with Gasteiger partial charge in [0.15, 0.2) is 0 Å². The number of aliphatic hydroxyl groups excluding tert-OH is 1. The first kappa shape index (κ1) is 65.6. The zero-order valence-corrected chi connectivity index (χ0v) is 50.1. The van der Waals surface area contributed by atoms with Crippen molar-refractivity contribution in [1.82, 2.24) is 35.6 Å². The Morgan fingerprint density at radius 3 is 2.11 bits per heavy atom. The Balaban J connectivity index is 1.06. The Bertz CT molecular complexity index is 2540. The van der Waals surface area contributed by atoms with Crippen molar-refractivity contribution in [3.63, 3.8) is 0 Å². The van der Waals surface area contributed by atoms with Crippen LogP contribution in [-0.4, -0.2) is 167 Å². The van der Waals surface area contributed by atoms with Gasteiger partial charge in [-0.2, -0.15) is 0 Å². The van der Waals surface area contributed by atoms with Crippen LogP contribution in [0.2, 0.25) is 0 Å². The van der Waals surface area contributed by atoms with Crippen LogP contribution in [0.4, 0.5) is 5.69 Å². The zero-order valence-electron chi connectivity index (χ0n) is 50.1. The van der Waals surface area contributed by atoms with E-state index in [1.165, 1.54) is 31.3 Å². The van der Waals surface area contributed by atoms with E-state index >= 15 is 0 Å². The monoisotopic (exact) mass is 1150 g/mol. The summed E-state index contributed by atoms with van der Waals surface area (Å²) in [5, 5.41) is 21.2. The highest BCUT2D eigenvalue weighted by molar-refractivity contribution is 6.12. The molecule has 9 amide bonds. The number of hydrogen-bond donors (Lipinski definition) is 5. The van der Waals surface area contributed by atoms with Crippen LogP contribution in [0.1, 0.15) is 142 Å². The van der Waals surface area contributed by atoms with Crippen LogP contribution in [0.25, 0.3) is 0 Å². The first-order valence-corrected chi connectivity index (χ1v) is 30.2. The number of nitrogens with one attached hydrogen (secondary N) is 4. The predicted octanol–water partition coefficient (Wildman–Crippen LogP) is 5.45. The summed E-state index contributed by atoms with van der Waals surface area (Å²) in [4.78, 5) is 128. The fraction of sp³-hybridized carbons (Fsp3) is 0.635. The van der Waals surface area contributed by atoms with Crippen molar-refractivity contribution in [3.8, 4) is 0 Å². The van der Waals surface area contributed by atoms with Crippen molar-refractivity contribution in [2.45, 2.75) is 192 Å². The molecule has 2 aromatic carbocycles. The van der Waals surface area contributed by atoms with Crippen LogP contribution in [0.15, 0.2) is 66.7 Å². The number of hydrogen-bond acceptors (Lipinski definition) is 12. The van der Waals surface area contributed by atoms with Gasteiger partial charge >= 0.3 is 0 Å². The maximum Gasteiger partial charge on any atom is 0.253 e. The number of likely N-dealkylation sites (N-methyl/N-ethyl adjacent to an activating group) is 1. The normalized spacial score (nSPS) is 20.9. The van der Waals surface area contributed by atoms with Crippen LogP contribution in [0.3, 0.4) is 0 Å². The van der Waals surface area contributed by atoms with Gasteiger partial charge in [-0.1, -0.05) is 96.3 Å². The number of methoxy groups -OCH3 is 2. The van der Waals surface area contributed by atoms with E-state index in [1.807, 2.05) is 58.0 Å². The molecule has 0 aromatic heterocycles. The van der Waals surface area contributed by atoms with Crippen molar-refractivity contribution < 1.29 is 57.7 Å². The molecule has 11 atom stereocenters. The number of rotatable bonds is 33. The zero-order chi connectivity index (χ0) is 60.3. The molecular formula is C63H92N8O12. The van der Waals surface area contributed by atoms with Crippen molar-refractivity contribution in [2.24, 2.45) is 23.7 Å².